The van der Waals surface area contributed by atoms with E-state index in [1.807, 2.05) is 36.4 Å². The molecule has 1 aliphatic rings. The number of hydrogen-bond donors (Lipinski definition) is 3. The summed E-state index contributed by atoms with van der Waals surface area (Å²) in [5, 5.41) is 13.6. The summed E-state index contributed by atoms with van der Waals surface area (Å²) >= 11 is 0. The van der Waals surface area contributed by atoms with Crippen molar-refractivity contribution < 1.29 is 32.3 Å². The van der Waals surface area contributed by atoms with Crippen molar-refractivity contribution in [1.82, 2.24) is 0 Å². The van der Waals surface area contributed by atoms with Crippen LogP contribution in [0.1, 0.15) is 23.5 Å². The van der Waals surface area contributed by atoms with E-state index >= 15 is 0 Å². The minimum Gasteiger partial charge on any atom is -0.475 e. The number of carbonyl (C=O) groups is 2. The van der Waals surface area contributed by atoms with Crippen LogP contribution in [0.4, 0.5) is 23.2 Å². The Morgan fingerprint density at radius 1 is 1.03 bits per heavy atom. The lowest BCUT2D eigenvalue weighted by Crippen LogP contribution is -2.21. The third kappa shape index (κ3) is 6.89. The first-order valence-corrected chi connectivity index (χ1v) is 10.4. The second-order valence-corrected chi connectivity index (χ2v) is 7.75. The van der Waals surface area contributed by atoms with Gasteiger partial charge in [0.05, 0.1) is 6.21 Å². The number of hydrazone groups is 1. The number of nitrogens with one attached hydrogen (secondary N) is 1. The first kappa shape index (κ1) is 25.4. The third-order valence-electron chi connectivity index (χ3n) is 5.27. The van der Waals surface area contributed by atoms with Crippen molar-refractivity contribution in [3.8, 4) is 11.1 Å². The topological polar surface area (TPSA) is 105 Å². The van der Waals surface area contributed by atoms with Gasteiger partial charge in [-0.05, 0) is 53.3 Å². The molecule has 3 aromatic rings. The molecule has 0 saturated heterocycles. The molecule has 1 aliphatic carbocycles. The highest BCUT2D eigenvalue weighted by atomic mass is 19.4. The van der Waals surface area contributed by atoms with Gasteiger partial charge in [0.25, 0.3) is 0 Å². The Morgan fingerprint density at radius 3 is 2.29 bits per heavy atom. The van der Waals surface area contributed by atoms with Crippen LogP contribution in [0.15, 0.2) is 77.9 Å². The maximum atomic E-state index is 13.9. The minimum absolute atomic E-state index is 0.00142. The number of rotatable bonds is 5. The normalized spacial score (nSPS) is 16.8. The molecule has 0 spiro atoms. The summed E-state index contributed by atoms with van der Waals surface area (Å²) in [5.74, 6) is 2.35. The summed E-state index contributed by atoms with van der Waals surface area (Å²) in [6.45, 7) is 0. The highest BCUT2D eigenvalue weighted by Crippen LogP contribution is 2.48. The number of nitrogens with two attached hydrogens (primary N) is 1. The lowest BCUT2D eigenvalue weighted by atomic mass is 10.0. The molecule has 10 heteroatoms. The maximum Gasteiger partial charge on any atom is 0.490 e. The molecule has 2 atom stereocenters. The number of carbonyl (C=O) groups excluding carboxylic acids is 1. The average Bonchev–Trinajstić information content (AvgIpc) is 3.62. The molecule has 3 aromatic carbocycles. The molecule has 0 radical (unpaired) electrons. The molecule has 0 unspecified atom stereocenters. The summed E-state index contributed by atoms with van der Waals surface area (Å²) in [7, 11) is 0. The smallest absolute Gasteiger partial charge is 0.475 e. The molecule has 1 amide bonds. The van der Waals surface area contributed by atoms with Gasteiger partial charge in [0.1, 0.15) is 5.82 Å². The molecule has 4 N–H and O–H groups in total. The van der Waals surface area contributed by atoms with Crippen molar-refractivity contribution in [3.63, 3.8) is 0 Å². The molecule has 6 nitrogen and oxygen atoms in total. The molecule has 0 aromatic heterocycles. The van der Waals surface area contributed by atoms with Crippen molar-refractivity contribution in [3.05, 3.63) is 89.7 Å². The van der Waals surface area contributed by atoms with Crippen LogP contribution < -0.4 is 11.2 Å². The highest BCUT2D eigenvalue weighted by Gasteiger charge is 2.44. The van der Waals surface area contributed by atoms with Crippen molar-refractivity contribution in [2.24, 2.45) is 16.9 Å². The van der Waals surface area contributed by atoms with Gasteiger partial charge in [-0.1, -0.05) is 48.5 Å². The Bertz CT molecular complexity index is 1230. The average molecular weight is 487 g/mol. The number of nitrogens with zero attached hydrogens (tertiary/aromatic N) is 1. The van der Waals surface area contributed by atoms with Gasteiger partial charge >= 0.3 is 12.1 Å². The zero-order chi connectivity index (χ0) is 25.6. The van der Waals surface area contributed by atoms with Crippen LogP contribution in [-0.4, -0.2) is 29.4 Å². The number of carboxylic acids is 1. The van der Waals surface area contributed by atoms with Crippen LogP contribution in [0.3, 0.4) is 0 Å². The van der Waals surface area contributed by atoms with Crippen LogP contribution in [0, 0.1) is 11.7 Å². The largest absolute Gasteiger partial charge is 0.490 e. The van der Waals surface area contributed by atoms with E-state index in [2.05, 4.69) is 10.4 Å². The van der Waals surface area contributed by atoms with Gasteiger partial charge in [0.2, 0.25) is 5.91 Å². The Labute approximate surface area is 198 Å². The van der Waals surface area contributed by atoms with Gasteiger partial charge in [-0.3, -0.25) is 4.79 Å². The summed E-state index contributed by atoms with van der Waals surface area (Å²) < 4.78 is 45.6. The first-order chi connectivity index (χ1) is 16.6. The number of carboxylic acid groups (broad SMARTS) is 1. The van der Waals surface area contributed by atoms with Crippen LogP contribution >= 0.6 is 0 Å². The summed E-state index contributed by atoms with van der Waals surface area (Å²) in [6.07, 6.45) is -2.67. The molecule has 1 saturated carbocycles. The summed E-state index contributed by atoms with van der Waals surface area (Å²) in [6, 6.07) is 21.8. The second-order valence-electron chi connectivity index (χ2n) is 7.75. The zero-order valence-electron chi connectivity index (χ0n) is 18.2. The van der Waals surface area contributed by atoms with E-state index in [0.29, 0.717) is 11.3 Å². The first-order valence-electron chi connectivity index (χ1n) is 10.4. The number of aliphatic carboxylic acids is 1. The van der Waals surface area contributed by atoms with E-state index in [1.165, 1.54) is 6.07 Å². The minimum atomic E-state index is -5.08. The highest BCUT2D eigenvalue weighted by molar-refractivity contribution is 5.95. The zero-order valence-corrected chi connectivity index (χ0v) is 18.2. The maximum absolute atomic E-state index is 13.9. The predicted molar refractivity (Wildman–Crippen MR) is 123 cm³/mol. The van der Waals surface area contributed by atoms with E-state index in [1.54, 1.807) is 36.5 Å². The Balaban J connectivity index is 0.000000429. The number of alkyl halides is 3. The Hall–Kier alpha value is -4.21. The van der Waals surface area contributed by atoms with Gasteiger partial charge < -0.3 is 16.3 Å². The lowest BCUT2D eigenvalue weighted by Gasteiger charge is -2.08. The fourth-order valence-corrected chi connectivity index (χ4v) is 3.47. The van der Waals surface area contributed by atoms with Gasteiger partial charge in [-0.2, -0.15) is 18.3 Å². The number of amides is 1. The molecule has 182 valence electrons. The number of hydrogen-bond acceptors (Lipinski definition) is 4. The number of halogens is 4. The van der Waals surface area contributed by atoms with Gasteiger partial charge in [0.15, 0.2) is 0 Å². The van der Waals surface area contributed by atoms with E-state index in [-0.39, 0.29) is 23.6 Å². The second kappa shape index (κ2) is 10.8. The molecule has 0 bridgehead atoms. The molecule has 0 aliphatic heterocycles. The summed E-state index contributed by atoms with van der Waals surface area (Å²) in [4.78, 5) is 21.5. The Kier molecular flexibility index (Phi) is 7.85. The van der Waals surface area contributed by atoms with Gasteiger partial charge in [-0.25, -0.2) is 9.18 Å². The van der Waals surface area contributed by atoms with E-state index in [4.69, 9.17) is 15.7 Å². The van der Waals surface area contributed by atoms with Crippen LogP contribution in [0.25, 0.3) is 11.1 Å². The molecule has 4 rings (SSSR count). The van der Waals surface area contributed by atoms with Crippen LogP contribution in [0.2, 0.25) is 0 Å². The van der Waals surface area contributed by atoms with Crippen molar-refractivity contribution in [1.29, 1.82) is 0 Å². The monoisotopic (exact) mass is 487 g/mol. The molecule has 35 heavy (non-hydrogen) atoms. The van der Waals surface area contributed by atoms with Crippen LogP contribution in [0.5, 0.6) is 0 Å². The molecular formula is C25H21F4N3O3. The Morgan fingerprint density at radius 2 is 1.69 bits per heavy atom. The number of benzene rings is 3. The van der Waals surface area contributed by atoms with E-state index in [9.17, 15) is 22.4 Å². The van der Waals surface area contributed by atoms with Gasteiger partial charge in [0, 0.05) is 17.2 Å². The van der Waals surface area contributed by atoms with Crippen molar-refractivity contribution >= 4 is 23.8 Å². The number of anilines is 1. The van der Waals surface area contributed by atoms with Crippen molar-refractivity contribution in [2.45, 2.75) is 18.5 Å². The van der Waals surface area contributed by atoms with Crippen molar-refractivity contribution in [2.75, 3.05) is 5.32 Å². The quantitative estimate of drug-likeness (QED) is 0.200. The van der Waals surface area contributed by atoms with E-state index < -0.39 is 12.1 Å². The molecule has 1 fully saturated rings. The molecular weight excluding hydrogens is 466 g/mol. The lowest BCUT2D eigenvalue weighted by molar-refractivity contribution is -0.192. The summed E-state index contributed by atoms with van der Waals surface area (Å²) in [5.41, 5.74) is 4.07. The fourth-order valence-electron chi connectivity index (χ4n) is 3.47. The van der Waals surface area contributed by atoms with Crippen LogP contribution in [-0.2, 0) is 9.59 Å². The van der Waals surface area contributed by atoms with Gasteiger partial charge in [-0.15, -0.1) is 0 Å². The third-order valence-corrected chi connectivity index (χ3v) is 5.27. The SMILES string of the molecule is NN=Cc1cccc([C@H]2C[C@H]2C(=O)Nc2ccc(-c3ccccc3F)cc2)c1.O=C(O)C(F)(F)F. The fraction of sp³-hybridized carbons (Fsp3) is 0.160. The predicted octanol–water partition coefficient (Wildman–Crippen LogP) is 5.16. The molecule has 0 heterocycles. The standard InChI is InChI=1S/C23H20FN3O.C2HF3O2/c24-22-7-2-1-6-19(22)16-8-10-18(11-9-16)27-23(28)21-13-20(21)17-5-3-4-15(12-17)14-26-25;3-2(4,5)1(6)7/h1-12,14,20-21H,13,25H2,(H,27,28);(H,6,7)/t20-,21-;/m1./s1. The van der Waals surface area contributed by atoms with E-state index in [0.717, 1.165) is 23.1 Å².